The van der Waals surface area contributed by atoms with Gasteiger partial charge >= 0.3 is 0 Å². The van der Waals surface area contributed by atoms with Crippen LogP contribution >= 0.6 is 11.3 Å². The highest BCUT2D eigenvalue weighted by Crippen LogP contribution is 2.54. The molecule has 1 spiro atoms. The van der Waals surface area contributed by atoms with Crippen molar-refractivity contribution in [3.05, 3.63) is 97.9 Å². The second kappa shape index (κ2) is 7.48. The first kappa shape index (κ1) is 22.4. The molecule has 6 rings (SSSR count). The molecular weight excluding hydrogens is 474 g/mol. The maximum atomic E-state index is 14.5. The molecule has 4 aromatic rings. The number of thiazole rings is 1. The van der Waals surface area contributed by atoms with Crippen molar-refractivity contribution in [2.75, 3.05) is 16.3 Å². The van der Waals surface area contributed by atoms with Gasteiger partial charge in [-0.15, -0.1) is 17.9 Å². The number of hydrogen-bond acceptors (Lipinski definition) is 6. The third-order valence-corrected chi connectivity index (χ3v) is 8.32. The van der Waals surface area contributed by atoms with Crippen molar-refractivity contribution in [3.63, 3.8) is 0 Å². The maximum absolute atomic E-state index is 14.5. The van der Waals surface area contributed by atoms with E-state index in [1.54, 1.807) is 35.2 Å². The van der Waals surface area contributed by atoms with Gasteiger partial charge in [0.1, 0.15) is 5.58 Å². The van der Waals surface area contributed by atoms with Crippen molar-refractivity contribution in [3.8, 4) is 0 Å². The zero-order chi connectivity index (χ0) is 25.5. The summed E-state index contributed by atoms with van der Waals surface area (Å²) in [5.41, 5.74) is 2.03. The number of amides is 2. The molecule has 2 amide bonds. The standard InChI is InChI=1S/C28H23N3O4S/c1-6-11-30-20-10-8-7-9-19(20)28(26(30)34)22-23(32)18-12-14(2)15(3)13-21(18)35-24(22)25(33)31(28)27-29-16(4)17(5)36-27/h6-10,12-13H,1,11H2,2-5H3. The summed E-state index contributed by atoms with van der Waals surface area (Å²) in [6.07, 6.45) is 1.63. The van der Waals surface area contributed by atoms with E-state index >= 15 is 0 Å². The number of carbonyl (C=O) groups is 2. The summed E-state index contributed by atoms with van der Waals surface area (Å²) >= 11 is 1.31. The topological polar surface area (TPSA) is 83.7 Å². The molecule has 36 heavy (non-hydrogen) atoms. The van der Waals surface area contributed by atoms with Crippen LogP contribution in [0, 0.1) is 27.7 Å². The fourth-order valence-corrected chi connectivity index (χ4v) is 6.24. The summed E-state index contributed by atoms with van der Waals surface area (Å²) in [5.74, 6) is -1.08. The van der Waals surface area contributed by atoms with Crippen LogP contribution in [0.5, 0.6) is 0 Å². The Bertz CT molecular complexity index is 1700. The first-order valence-electron chi connectivity index (χ1n) is 11.6. The van der Waals surface area contributed by atoms with E-state index in [2.05, 4.69) is 11.6 Å². The predicted molar refractivity (Wildman–Crippen MR) is 140 cm³/mol. The first-order valence-corrected chi connectivity index (χ1v) is 12.4. The molecule has 0 aliphatic carbocycles. The minimum absolute atomic E-state index is 0.0396. The van der Waals surface area contributed by atoms with Gasteiger partial charge < -0.3 is 9.32 Å². The Balaban J connectivity index is 1.79. The van der Waals surface area contributed by atoms with Crippen LogP contribution in [0.1, 0.15) is 43.4 Å². The third-order valence-electron chi connectivity index (χ3n) is 7.26. The summed E-state index contributed by atoms with van der Waals surface area (Å²) in [7, 11) is 0. The zero-order valence-electron chi connectivity index (χ0n) is 20.3. The highest BCUT2D eigenvalue weighted by atomic mass is 32.1. The molecule has 4 heterocycles. The van der Waals surface area contributed by atoms with Gasteiger partial charge in [-0.1, -0.05) is 24.3 Å². The number of fused-ring (bicyclic) bond motifs is 5. The van der Waals surface area contributed by atoms with Crippen molar-refractivity contribution in [2.45, 2.75) is 33.2 Å². The zero-order valence-corrected chi connectivity index (χ0v) is 21.2. The van der Waals surface area contributed by atoms with E-state index in [4.69, 9.17) is 4.42 Å². The number of anilines is 2. The van der Waals surface area contributed by atoms with Crippen LogP contribution in [0.15, 0.2) is 58.3 Å². The van der Waals surface area contributed by atoms with Crippen molar-refractivity contribution in [2.24, 2.45) is 0 Å². The van der Waals surface area contributed by atoms with E-state index < -0.39 is 17.4 Å². The molecule has 180 valence electrons. The molecule has 0 bridgehead atoms. The second-order valence-corrected chi connectivity index (χ2v) is 10.5. The lowest BCUT2D eigenvalue weighted by Crippen LogP contribution is -2.53. The summed E-state index contributed by atoms with van der Waals surface area (Å²) < 4.78 is 6.16. The fraction of sp³-hybridized carbons (Fsp3) is 0.214. The Hall–Kier alpha value is -4.04. The molecule has 2 aliphatic rings. The normalized spacial score (nSPS) is 18.4. The summed E-state index contributed by atoms with van der Waals surface area (Å²) in [6.45, 7) is 11.6. The number of rotatable bonds is 3. The predicted octanol–water partition coefficient (Wildman–Crippen LogP) is 4.92. The minimum atomic E-state index is -1.73. The van der Waals surface area contributed by atoms with Gasteiger partial charge in [0.05, 0.1) is 22.3 Å². The second-order valence-electron chi connectivity index (χ2n) is 9.28. The fourth-order valence-electron chi connectivity index (χ4n) is 5.28. The summed E-state index contributed by atoms with van der Waals surface area (Å²) in [5, 5.41) is 0.686. The molecule has 2 aromatic carbocycles. The number of aryl methyl sites for hydroxylation is 4. The van der Waals surface area contributed by atoms with Crippen molar-refractivity contribution in [1.29, 1.82) is 0 Å². The lowest BCUT2D eigenvalue weighted by atomic mass is 9.84. The molecular formula is C28H23N3O4S. The summed E-state index contributed by atoms with van der Waals surface area (Å²) in [6, 6.07) is 10.8. The molecule has 1 unspecified atom stereocenters. The number of hydrogen-bond donors (Lipinski definition) is 0. The van der Waals surface area contributed by atoms with Gasteiger partial charge in [-0.2, -0.15) is 0 Å². The van der Waals surface area contributed by atoms with Crippen LogP contribution in [0.4, 0.5) is 10.8 Å². The van der Waals surface area contributed by atoms with E-state index in [-0.39, 0.29) is 23.3 Å². The molecule has 0 N–H and O–H groups in total. The van der Waals surface area contributed by atoms with Crippen LogP contribution in [0.25, 0.3) is 11.0 Å². The molecule has 2 aliphatic heterocycles. The van der Waals surface area contributed by atoms with Gasteiger partial charge in [0.2, 0.25) is 5.76 Å². The Morgan fingerprint density at radius 3 is 2.50 bits per heavy atom. The lowest BCUT2D eigenvalue weighted by Gasteiger charge is -2.32. The van der Waals surface area contributed by atoms with Crippen LogP contribution in [0.3, 0.4) is 0 Å². The van der Waals surface area contributed by atoms with Crippen molar-refractivity contribution < 1.29 is 14.0 Å². The van der Waals surface area contributed by atoms with Gasteiger partial charge in [-0.05, 0) is 57.0 Å². The van der Waals surface area contributed by atoms with Crippen LogP contribution in [-0.4, -0.2) is 23.3 Å². The van der Waals surface area contributed by atoms with Crippen LogP contribution < -0.4 is 15.2 Å². The molecule has 7 nitrogen and oxygen atoms in total. The van der Waals surface area contributed by atoms with E-state index in [1.807, 2.05) is 39.8 Å². The van der Waals surface area contributed by atoms with Crippen molar-refractivity contribution >= 4 is 44.9 Å². The Kier molecular flexibility index (Phi) is 4.66. The van der Waals surface area contributed by atoms with Gasteiger partial charge in [-0.3, -0.25) is 19.3 Å². The molecule has 0 saturated carbocycles. The van der Waals surface area contributed by atoms with Gasteiger partial charge in [-0.25, -0.2) is 4.98 Å². The Morgan fingerprint density at radius 1 is 1.08 bits per heavy atom. The minimum Gasteiger partial charge on any atom is -0.450 e. The summed E-state index contributed by atoms with van der Waals surface area (Å²) in [4.78, 5) is 51.3. The Morgan fingerprint density at radius 2 is 1.81 bits per heavy atom. The monoisotopic (exact) mass is 497 g/mol. The van der Waals surface area contributed by atoms with E-state index in [0.717, 1.165) is 21.7 Å². The smallest absolute Gasteiger partial charge is 0.297 e. The van der Waals surface area contributed by atoms with Crippen LogP contribution in [-0.2, 0) is 10.3 Å². The van der Waals surface area contributed by atoms with Crippen LogP contribution in [0.2, 0.25) is 0 Å². The lowest BCUT2D eigenvalue weighted by molar-refractivity contribution is -0.121. The number of nitrogens with zero attached hydrogens (tertiary/aromatic N) is 3. The highest BCUT2D eigenvalue weighted by molar-refractivity contribution is 7.16. The largest absolute Gasteiger partial charge is 0.450 e. The van der Waals surface area contributed by atoms with Gasteiger partial charge in [0, 0.05) is 17.0 Å². The molecule has 0 radical (unpaired) electrons. The average Bonchev–Trinajstić information content (AvgIpc) is 3.40. The van der Waals surface area contributed by atoms with E-state index in [9.17, 15) is 14.4 Å². The molecule has 1 atom stereocenters. The number of para-hydroxylation sites is 1. The number of benzene rings is 2. The van der Waals surface area contributed by atoms with E-state index in [0.29, 0.717) is 27.4 Å². The quantitative estimate of drug-likeness (QED) is 0.375. The number of aromatic nitrogens is 1. The van der Waals surface area contributed by atoms with Gasteiger partial charge in [0.15, 0.2) is 16.1 Å². The third kappa shape index (κ3) is 2.62. The van der Waals surface area contributed by atoms with Gasteiger partial charge in [0.25, 0.3) is 11.8 Å². The maximum Gasteiger partial charge on any atom is 0.297 e. The van der Waals surface area contributed by atoms with Crippen molar-refractivity contribution in [1.82, 2.24) is 4.98 Å². The average molecular weight is 498 g/mol. The van der Waals surface area contributed by atoms with E-state index in [1.165, 1.54) is 16.2 Å². The molecule has 2 aromatic heterocycles. The SMILES string of the molecule is C=CCN1C(=O)C2(c3ccccc31)c1c(oc3cc(C)c(C)cc3c1=O)C(=O)N2c1nc(C)c(C)s1. The number of carbonyl (C=O) groups excluding carboxylic acids is 2. The molecule has 8 heteroatoms. The molecule has 0 fully saturated rings. The highest BCUT2D eigenvalue weighted by Gasteiger charge is 2.66. The molecule has 0 saturated heterocycles. The first-order chi connectivity index (χ1) is 17.2. The Labute approximate surface area is 211 Å².